The quantitative estimate of drug-likeness (QED) is 0.156. The van der Waals surface area contributed by atoms with E-state index in [9.17, 15) is 27.2 Å². The number of carbonyl (C=O) groups excluding carboxylic acids is 1. The number of nitrogens with one attached hydrogen (secondary N) is 1. The van der Waals surface area contributed by atoms with E-state index < -0.39 is 28.6 Å². The minimum absolute atomic E-state index is 0.0380. The van der Waals surface area contributed by atoms with E-state index >= 15 is 0 Å². The van der Waals surface area contributed by atoms with Crippen LogP contribution in [0, 0.1) is 13.8 Å². The van der Waals surface area contributed by atoms with Crippen LogP contribution in [-0.2, 0) is 24.4 Å². The average molecular weight is 803 g/mol. The summed E-state index contributed by atoms with van der Waals surface area (Å²) >= 11 is 0. The Kier molecular flexibility index (Phi) is 17.8. The van der Waals surface area contributed by atoms with E-state index in [4.69, 9.17) is 30.2 Å². The van der Waals surface area contributed by atoms with Gasteiger partial charge in [0.2, 0.25) is 17.7 Å². The van der Waals surface area contributed by atoms with Crippen molar-refractivity contribution < 1.29 is 51.6 Å². The summed E-state index contributed by atoms with van der Waals surface area (Å²) in [6.07, 6.45) is 4.74. The van der Waals surface area contributed by atoms with Crippen LogP contribution in [0.1, 0.15) is 50.9 Å². The zero-order chi connectivity index (χ0) is 41.3. The third-order valence-electron chi connectivity index (χ3n) is 8.40. The number of hydrogen-bond acceptors (Lipinski definition) is 12. The number of pyridine rings is 2. The van der Waals surface area contributed by atoms with Crippen molar-refractivity contribution in [2.45, 2.75) is 70.5 Å². The first kappa shape index (κ1) is 44.9. The van der Waals surface area contributed by atoms with Gasteiger partial charge in [0, 0.05) is 56.8 Å². The molecular weight excluding hydrogens is 752 g/mol. The number of aliphatic carboxylic acids is 2. The predicted octanol–water partition coefficient (Wildman–Crippen LogP) is 4.48. The maximum Gasteiger partial charge on any atom is 0.328 e. The van der Waals surface area contributed by atoms with Gasteiger partial charge in [-0.15, -0.1) is 0 Å². The number of rotatable bonds is 15. The van der Waals surface area contributed by atoms with Gasteiger partial charge in [-0.25, -0.2) is 32.4 Å². The molecule has 3 aromatic rings. The number of sulfonamides is 1. The molecule has 16 nitrogen and oxygen atoms in total. The number of carboxylic acids is 2. The first-order valence-corrected chi connectivity index (χ1v) is 19.6. The topological polar surface area (TPSA) is 224 Å². The number of carboxylic acid groups (broad SMARTS) is 2. The van der Waals surface area contributed by atoms with Crippen molar-refractivity contribution >= 4 is 39.2 Å². The molecule has 0 radical (unpaired) electrons. The monoisotopic (exact) mass is 802 g/mol. The average Bonchev–Trinajstić information content (AvgIpc) is 3.82. The Morgan fingerprint density at radius 2 is 1.48 bits per heavy atom. The highest BCUT2D eigenvalue weighted by molar-refractivity contribution is 7.92. The lowest BCUT2D eigenvalue weighted by Gasteiger charge is -2.16. The molecule has 5 rings (SSSR count). The Balaban J connectivity index is 0.000000272. The van der Waals surface area contributed by atoms with Gasteiger partial charge in [-0.2, -0.15) is 0 Å². The van der Waals surface area contributed by atoms with Crippen molar-refractivity contribution in [3.63, 3.8) is 0 Å². The lowest BCUT2D eigenvalue weighted by molar-refractivity contribution is -0.134. The van der Waals surface area contributed by atoms with E-state index in [-0.39, 0.29) is 29.6 Å². The number of benzene rings is 1. The second-order valence-corrected chi connectivity index (χ2v) is 14.5. The molecule has 0 spiro atoms. The Hall–Kier alpha value is -5.49. The van der Waals surface area contributed by atoms with Gasteiger partial charge in [0.05, 0.1) is 34.2 Å². The Bertz CT molecular complexity index is 1880. The smallest absolute Gasteiger partial charge is 0.328 e. The fourth-order valence-electron chi connectivity index (χ4n) is 5.57. The number of aromatic nitrogens is 2. The summed E-state index contributed by atoms with van der Waals surface area (Å²) in [5.41, 5.74) is 8.06. The molecule has 2 atom stereocenters. The highest BCUT2D eigenvalue weighted by Gasteiger charge is 2.27. The van der Waals surface area contributed by atoms with Crippen LogP contribution in [0.15, 0.2) is 65.6 Å². The van der Waals surface area contributed by atoms with Crippen LogP contribution in [0.25, 0.3) is 0 Å². The SMILES string of the molecule is CCC(=O)N1CCC(Oc2ccc(N)c(C)n2)C1.CCCN1CCC(Oc2ccc(NS(=O)(=O)c3ccc(OCCF)cc3)c(C)n2)C1.O=C(O)/C=C/C(=O)O. The van der Waals surface area contributed by atoms with E-state index in [1.165, 1.54) is 24.3 Å². The van der Waals surface area contributed by atoms with Crippen molar-refractivity contribution in [2.24, 2.45) is 0 Å². The number of anilines is 2. The molecule has 0 aliphatic carbocycles. The normalized spacial score (nSPS) is 16.6. The van der Waals surface area contributed by atoms with Gasteiger partial charge in [-0.05, 0) is 69.6 Å². The van der Waals surface area contributed by atoms with E-state index in [1.807, 2.05) is 18.7 Å². The zero-order valence-electron chi connectivity index (χ0n) is 32.0. The number of nitrogens with zero attached hydrogens (tertiary/aromatic N) is 4. The minimum Gasteiger partial charge on any atom is -0.491 e. The lowest BCUT2D eigenvalue weighted by Crippen LogP contribution is -2.30. The molecule has 56 heavy (non-hydrogen) atoms. The molecule has 1 amide bonds. The van der Waals surface area contributed by atoms with E-state index in [0.29, 0.717) is 59.7 Å². The Morgan fingerprint density at radius 1 is 0.893 bits per heavy atom. The van der Waals surface area contributed by atoms with Gasteiger partial charge >= 0.3 is 11.9 Å². The van der Waals surface area contributed by atoms with Crippen LogP contribution in [0.5, 0.6) is 17.5 Å². The van der Waals surface area contributed by atoms with Gasteiger partial charge in [-0.1, -0.05) is 13.8 Å². The van der Waals surface area contributed by atoms with Crippen LogP contribution < -0.4 is 24.7 Å². The van der Waals surface area contributed by atoms with Gasteiger partial charge in [-0.3, -0.25) is 14.4 Å². The number of ether oxygens (including phenoxy) is 3. The number of nitrogen functional groups attached to an aromatic ring is 1. The number of alkyl halides is 1. The number of carbonyl (C=O) groups is 3. The van der Waals surface area contributed by atoms with E-state index in [0.717, 1.165) is 51.1 Å². The number of amides is 1. The summed E-state index contributed by atoms with van der Waals surface area (Å²) in [5.74, 6) is -0.844. The van der Waals surface area contributed by atoms with Gasteiger partial charge in [0.1, 0.15) is 31.2 Å². The second kappa shape index (κ2) is 22.2. The molecule has 2 saturated heterocycles. The first-order chi connectivity index (χ1) is 26.6. The van der Waals surface area contributed by atoms with Crippen molar-refractivity contribution in [3.05, 3.63) is 72.1 Å². The third-order valence-corrected chi connectivity index (χ3v) is 9.78. The standard InChI is InChI=1S/C21H28FN3O4S.C13H19N3O2.C4H4O4/c1-3-12-25-13-10-18(15-25)29-21-9-8-20(16(2)23-21)24-30(26,27)19-6-4-17(5-7-19)28-14-11-22;1-3-13(17)16-7-6-10(8-16)18-12-5-4-11(14)9(2)15-12;5-3(6)1-2-4(7)8/h4-9,18,24H,3,10-15H2,1-2H3;4-5,10H,3,6-8,14H2,1-2H3;1-2H,(H,5,6)(H,7,8)/b;;2-1+. The highest BCUT2D eigenvalue weighted by atomic mass is 32.2. The minimum atomic E-state index is -3.79. The largest absolute Gasteiger partial charge is 0.491 e. The molecule has 4 heterocycles. The van der Waals surface area contributed by atoms with Crippen molar-refractivity contribution in [3.8, 4) is 17.5 Å². The first-order valence-electron chi connectivity index (χ1n) is 18.1. The van der Waals surface area contributed by atoms with Gasteiger partial charge in [0.15, 0.2) is 0 Å². The van der Waals surface area contributed by atoms with Crippen molar-refractivity contribution in [1.82, 2.24) is 19.8 Å². The van der Waals surface area contributed by atoms with Crippen molar-refractivity contribution in [1.29, 1.82) is 0 Å². The maximum absolute atomic E-state index is 12.7. The van der Waals surface area contributed by atoms with Crippen LogP contribution in [0.3, 0.4) is 0 Å². The lowest BCUT2D eigenvalue weighted by atomic mass is 10.3. The summed E-state index contributed by atoms with van der Waals surface area (Å²) in [4.78, 5) is 43.6. The van der Waals surface area contributed by atoms with E-state index in [1.54, 1.807) is 31.2 Å². The van der Waals surface area contributed by atoms with Gasteiger partial charge < -0.3 is 35.1 Å². The number of aryl methyl sites for hydroxylation is 2. The summed E-state index contributed by atoms with van der Waals surface area (Å²) in [5, 5.41) is 15.6. The molecule has 2 aromatic heterocycles. The summed E-state index contributed by atoms with van der Waals surface area (Å²) in [6.45, 7) is 11.3. The molecule has 0 bridgehead atoms. The number of halogens is 1. The number of likely N-dealkylation sites (tertiary alicyclic amines) is 2. The molecule has 2 aliphatic rings. The molecule has 5 N–H and O–H groups in total. The Morgan fingerprint density at radius 3 is 2.04 bits per heavy atom. The number of nitrogens with two attached hydrogens (primary N) is 1. The van der Waals surface area contributed by atoms with Crippen LogP contribution in [-0.4, -0.2) is 114 Å². The summed E-state index contributed by atoms with van der Waals surface area (Å²) < 4.78 is 56.9. The Labute approximate surface area is 326 Å². The molecule has 1 aromatic carbocycles. The molecular formula is C38H51FN6O10S. The third kappa shape index (κ3) is 15.0. The summed E-state index contributed by atoms with van der Waals surface area (Å²) in [6, 6.07) is 12.7. The van der Waals surface area contributed by atoms with Crippen molar-refractivity contribution in [2.75, 3.05) is 56.5 Å². The van der Waals surface area contributed by atoms with Crippen LogP contribution >= 0.6 is 0 Å². The second-order valence-electron chi connectivity index (χ2n) is 12.8. The summed E-state index contributed by atoms with van der Waals surface area (Å²) in [7, 11) is -3.79. The molecule has 0 saturated carbocycles. The van der Waals surface area contributed by atoms with Crippen LogP contribution in [0.4, 0.5) is 15.8 Å². The molecule has 18 heteroatoms. The fraction of sp³-hybridized carbons (Fsp3) is 0.447. The number of hydrogen-bond donors (Lipinski definition) is 4. The van der Waals surface area contributed by atoms with Gasteiger partial charge in [0.25, 0.3) is 10.0 Å². The highest BCUT2D eigenvalue weighted by Crippen LogP contribution is 2.25. The molecule has 2 aliphatic heterocycles. The maximum atomic E-state index is 12.7. The predicted molar refractivity (Wildman–Crippen MR) is 207 cm³/mol. The van der Waals surface area contributed by atoms with E-state index in [2.05, 4.69) is 26.5 Å². The molecule has 306 valence electrons. The fourth-order valence-corrected chi connectivity index (χ4v) is 6.69. The van der Waals surface area contributed by atoms with Crippen LogP contribution in [0.2, 0.25) is 0 Å². The molecule has 2 unspecified atom stereocenters. The zero-order valence-corrected chi connectivity index (χ0v) is 32.8. The molecule has 2 fully saturated rings.